The SMILES string of the molecule is CCOC(=O)c1ccc(NC(=O)c2c(CC)nc3c(C)cc(Br)cn23)cc1. The topological polar surface area (TPSA) is 72.7 Å². The van der Waals surface area contributed by atoms with E-state index in [4.69, 9.17) is 4.74 Å². The summed E-state index contributed by atoms with van der Waals surface area (Å²) in [5.74, 6) is -0.633. The zero-order chi connectivity index (χ0) is 19.6. The molecule has 2 heterocycles. The van der Waals surface area contributed by atoms with E-state index in [0.29, 0.717) is 30.0 Å². The third kappa shape index (κ3) is 3.88. The van der Waals surface area contributed by atoms with Crippen LogP contribution in [0, 0.1) is 6.92 Å². The molecule has 1 amide bonds. The van der Waals surface area contributed by atoms with Gasteiger partial charge in [-0.2, -0.15) is 0 Å². The fraction of sp³-hybridized carbons (Fsp3) is 0.250. The molecule has 3 aromatic rings. The first kappa shape index (κ1) is 19.1. The van der Waals surface area contributed by atoms with Crippen molar-refractivity contribution in [2.24, 2.45) is 0 Å². The zero-order valence-electron chi connectivity index (χ0n) is 15.4. The highest BCUT2D eigenvalue weighted by molar-refractivity contribution is 9.10. The van der Waals surface area contributed by atoms with Crippen molar-refractivity contribution in [1.82, 2.24) is 9.38 Å². The molecule has 0 spiro atoms. The summed E-state index contributed by atoms with van der Waals surface area (Å²) in [4.78, 5) is 29.3. The van der Waals surface area contributed by atoms with E-state index in [0.717, 1.165) is 21.4 Å². The molecule has 0 saturated heterocycles. The maximum absolute atomic E-state index is 12.9. The second kappa shape index (κ2) is 7.92. The number of fused-ring (bicyclic) bond motifs is 1. The van der Waals surface area contributed by atoms with Gasteiger partial charge in [0.2, 0.25) is 0 Å². The van der Waals surface area contributed by atoms with Crippen LogP contribution in [0.4, 0.5) is 5.69 Å². The van der Waals surface area contributed by atoms with Crippen LogP contribution in [0.1, 0.15) is 46.0 Å². The lowest BCUT2D eigenvalue weighted by molar-refractivity contribution is 0.0526. The Hall–Kier alpha value is -2.67. The maximum Gasteiger partial charge on any atom is 0.338 e. The van der Waals surface area contributed by atoms with Gasteiger partial charge in [0.1, 0.15) is 11.3 Å². The van der Waals surface area contributed by atoms with Crippen molar-refractivity contribution < 1.29 is 14.3 Å². The Bertz CT molecular complexity index is 1010. The summed E-state index contributed by atoms with van der Waals surface area (Å²) >= 11 is 3.47. The van der Waals surface area contributed by atoms with E-state index in [1.54, 1.807) is 35.6 Å². The van der Waals surface area contributed by atoms with E-state index >= 15 is 0 Å². The van der Waals surface area contributed by atoms with Crippen LogP contribution in [0.3, 0.4) is 0 Å². The predicted molar refractivity (Wildman–Crippen MR) is 107 cm³/mol. The summed E-state index contributed by atoms with van der Waals surface area (Å²) in [5.41, 5.74) is 4.02. The monoisotopic (exact) mass is 429 g/mol. The van der Waals surface area contributed by atoms with Crippen molar-refractivity contribution in [1.29, 1.82) is 0 Å². The number of ether oxygens (including phenoxy) is 1. The highest BCUT2D eigenvalue weighted by Crippen LogP contribution is 2.22. The third-order valence-electron chi connectivity index (χ3n) is 4.15. The smallest absolute Gasteiger partial charge is 0.338 e. The molecular weight excluding hydrogens is 410 g/mol. The van der Waals surface area contributed by atoms with Gasteiger partial charge in [0.05, 0.1) is 17.9 Å². The fourth-order valence-electron chi connectivity index (χ4n) is 2.90. The van der Waals surface area contributed by atoms with Crippen molar-refractivity contribution in [2.45, 2.75) is 27.2 Å². The number of halogens is 1. The number of carbonyl (C=O) groups is 2. The van der Waals surface area contributed by atoms with E-state index < -0.39 is 0 Å². The molecule has 2 aromatic heterocycles. The molecule has 27 heavy (non-hydrogen) atoms. The summed E-state index contributed by atoms with van der Waals surface area (Å²) < 4.78 is 7.65. The molecule has 0 aliphatic rings. The largest absolute Gasteiger partial charge is 0.462 e. The van der Waals surface area contributed by atoms with Crippen molar-refractivity contribution in [3.05, 3.63) is 63.5 Å². The van der Waals surface area contributed by atoms with E-state index in [1.807, 2.05) is 26.1 Å². The summed E-state index contributed by atoms with van der Waals surface area (Å²) in [6.45, 7) is 6.01. The molecule has 0 aliphatic carbocycles. The molecule has 140 valence electrons. The maximum atomic E-state index is 12.9. The number of anilines is 1. The molecule has 1 aromatic carbocycles. The van der Waals surface area contributed by atoms with E-state index in [-0.39, 0.29) is 11.9 Å². The van der Waals surface area contributed by atoms with Crippen molar-refractivity contribution >= 4 is 39.1 Å². The number of aromatic nitrogens is 2. The first-order valence-electron chi connectivity index (χ1n) is 8.70. The normalized spacial score (nSPS) is 10.8. The van der Waals surface area contributed by atoms with Gasteiger partial charge in [0.15, 0.2) is 0 Å². The van der Waals surface area contributed by atoms with Gasteiger partial charge < -0.3 is 10.1 Å². The lowest BCUT2D eigenvalue weighted by Gasteiger charge is -2.08. The summed E-state index contributed by atoms with van der Waals surface area (Å²) in [6.07, 6.45) is 2.48. The first-order valence-corrected chi connectivity index (χ1v) is 9.49. The molecule has 0 unspecified atom stereocenters. The standard InChI is InChI=1S/C20H20BrN3O3/c1-4-16-17(24-11-14(21)10-12(3)18(24)23-16)19(25)22-15-8-6-13(7-9-15)20(26)27-5-2/h6-11H,4-5H2,1-3H3,(H,22,25). The number of hydrogen-bond acceptors (Lipinski definition) is 4. The average Bonchev–Trinajstić information content (AvgIpc) is 3.01. The molecular formula is C20H20BrN3O3. The summed E-state index contributed by atoms with van der Waals surface area (Å²) in [6, 6.07) is 8.59. The van der Waals surface area contributed by atoms with Crippen molar-refractivity contribution in [3.63, 3.8) is 0 Å². The lowest BCUT2D eigenvalue weighted by Crippen LogP contribution is -2.16. The zero-order valence-corrected chi connectivity index (χ0v) is 17.0. The van der Waals surface area contributed by atoms with E-state index in [9.17, 15) is 9.59 Å². The fourth-order valence-corrected chi connectivity index (χ4v) is 3.44. The van der Waals surface area contributed by atoms with Crippen molar-refractivity contribution in [2.75, 3.05) is 11.9 Å². The number of aryl methyl sites for hydroxylation is 2. The van der Waals surface area contributed by atoms with Crippen LogP contribution in [0.2, 0.25) is 0 Å². The molecule has 0 radical (unpaired) electrons. The molecule has 0 atom stereocenters. The number of imidazole rings is 1. The van der Waals surface area contributed by atoms with Gasteiger partial charge in [-0.3, -0.25) is 9.20 Å². The van der Waals surface area contributed by atoms with Gasteiger partial charge >= 0.3 is 5.97 Å². The lowest BCUT2D eigenvalue weighted by atomic mass is 10.2. The Kier molecular flexibility index (Phi) is 5.60. The number of amides is 1. The van der Waals surface area contributed by atoms with Crippen LogP contribution >= 0.6 is 15.9 Å². The van der Waals surface area contributed by atoms with Crippen LogP contribution in [0.15, 0.2) is 41.0 Å². The van der Waals surface area contributed by atoms with Crippen molar-refractivity contribution in [3.8, 4) is 0 Å². The van der Waals surface area contributed by atoms with Gasteiger partial charge in [0, 0.05) is 16.4 Å². The minimum atomic E-state index is -0.384. The van der Waals surface area contributed by atoms with E-state index in [2.05, 4.69) is 26.2 Å². The quantitative estimate of drug-likeness (QED) is 0.610. The van der Waals surface area contributed by atoms with Crippen LogP contribution in [0.5, 0.6) is 0 Å². The Morgan fingerprint density at radius 2 is 1.93 bits per heavy atom. The summed E-state index contributed by atoms with van der Waals surface area (Å²) in [7, 11) is 0. The minimum Gasteiger partial charge on any atom is -0.462 e. The molecule has 0 saturated carbocycles. The van der Waals surface area contributed by atoms with Gasteiger partial charge in [-0.1, -0.05) is 6.92 Å². The Morgan fingerprint density at radius 1 is 1.22 bits per heavy atom. The Labute approximate surface area is 165 Å². The Morgan fingerprint density at radius 3 is 2.56 bits per heavy atom. The first-order chi connectivity index (χ1) is 12.9. The minimum absolute atomic E-state index is 0.249. The van der Waals surface area contributed by atoms with E-state index in [1.165, 1.54) is 0 Å². The molecule has 0 bridgehead atoms. The number of rotatable bonds is 5. The predicted octanol–water partition coefficient (Wildman–Crippen LogP) is 4.40. The van der Waals surface area contributed by atoms with Crippen LogP contribution < -0.4 is 5.32 Å². The number of carbonyl (C=O) groups excluding carboxylic acids is 2. The molecule has 7 heteroatoms. The van der Waals surface area contributed by atoms with Crippen LogP contribution in [-0.4, -0.2) is 27.9 Å². The number of nitrogens with zero attached hydrogens (tertiary/aromatic N) is 2. The van der Waals surface area contributed by atoms with Gasteiger partial charge in [-0.05, 0) is 72.1 Å². The number of hydrogen-bond donors (Lipinski definition) is 1. The highest BCUT2D eigenvalue weighted by atomic mass is 79.9. The molecule has 0 aliphatic heterocycles. The van der Waals surface area contributed by atoms with Gasteiger partial charge in [-0.25, -0.2) is 9.78 Å². The second-order valence-electron chi connectivity index (χ2n) is 6.05. The summed E-state index contributed by atoms with van der Waals surface area (Å²) in [5, 5.41) is 2.88. The molecule has 3 rings (SSSR count). The number of pyridine rings is 1. The number of nitrogens with one attached hydrogen (secondary N) is 1. The van der Waals surface area contributed by atoms with Gasteiger partial charge in [0.25, 0.3) is 5.91 Å². The van der Waals surface area contributed by atoms with Crippen LogP contribution in [-0.2, 0) is 11.2 Å². The Balaban J connectivity index is 1.91. The second-order valence-corrected chi connectivity index (χ2v) is 6.96. The molecule has 6 nitrogen and oxygen atoms in total. The third-order valence-corrected chi connectivity index (χ3v) is 4.58. The molecule has 1 N–H and O–H groups in total. The average molecular weight is 430 g/mol. The number of esters is 1. The molecule has 0 fully saturated rings. The van der Waals surface area contributed by atoms with Gasteiger partial charge in [-0.15, -0.1) is 0 Å². The number of benzene rings is 1. The van der Waals surface area contributed by atoms with Crippen LogP contribution in [0.25, 0.3) is 5.65 Å². The highest BCUT2D eigenvalue weighted by Gasteiger charge is 2.20.